The van der Waals surface area contributed by atoms with E-state index in [0.29, 0.717) is 16.0 Å². The summed E-state index contributed by atoms with van der Waals surface area (Å²) in [6.07, 6.45) is -0.00274. The van der Waals surface area contributed by atoms with Crippen molar-refractivity contribution in [3.8, 4) is 0 Å². The maximum absolute atomic E-state index is 12.0. The van der Waals surface area contributed by atoms with E-state index < -0.39 is 12.8 Å². The number of alkyl halides is 3. The quantitative estimate of drug-likeness (QED) is 0.811. The second-order valence-corrected chi connectivity index (χ2v) is 5.90. The van der Waals surface area contributed by atoms with Crippen molar-refractivity contribution in [2.24, 2.45) is 0 Å². The van der Waals surface area contributed by atoms with Crippen LogP contribution in [0.3, 0.4) is 0 Å². The van der Waals surface area contributed by atoms with Gasteiger partial charge in [0.25, 0.3) is 5.56 Å². The summed E-state index contributed by atoms with van der Waals surface area (Å²) in [5.74, 6) is 0.615. The van der Waals surface area contributed by atoms with E-state index in [9.17, 15) is 18.0 Å². The molecule has 1 saturated carbocycles. The van der Waals surface area contributed by atoms with Gasteiger partial charge in [0.05, 0.1) is 12.3 Å². The number of aromatic amines is 1. The SMILES string of the molecule is O=c1[nH]c(CCOCC(F)(F)F)nc(C2CCCC2)c1Br. The summed E-state index contributed by atoms with van der Waals surface area (Å²) in [5.41, 5.74) is 0.416. The van der Waals surface area contributed by atoms with E-state index in [4.69, 9.17) is 0 Å². The third-order valence-corrected chi connectivity index (χ3v) is 4.19. The Kier molecular flexibility index (Phi) is 5.43. The van der Waals surface area contributed by atoms with E-state index in [1.807, 2.05) is 0 Å². The molecule has 1 aromatic rings. The molecule has 1 heterocycles. The molecule has 1 aromatic heterocycles. The molecule has 0 aliphatic heterocycles. The van der Waals surface area contributed by atoms with Crippen LogP contribution in [0.25, 0.3) is 0 Å². The van der Waals surface area contributed by atoms with E-state index in [1.54, 1.807) is 0 Å². The Morgan fingerprint density at radius 3 is 2.62 bits per heavy atom. The fraction of sp³-hybridized carbons (Fsp3) is 0.692. The average Bonchev–Trinajstić information content (AvgIpc) is 2.91. The maximum atomic E-state index is 12.0. The Morgan fingerprint density at radius 1 is 1.33 bits per heavy atom. The zero-order chi connectivity index (χ0) is 15.5. The van der Waals surface area contributed by atoms with Crippen molar-refractivity contribution in [1.82, 2.24) is 9.97 Å². The molecule has 1 aliphatic carbocycles. The molecule has 0 aromatic carbocycles. The number of aromatic nitrogens is 2. The van der Waals surface area contributed by atoms with Crippen LogP contribution in [0.2, 0.25) is 0 Å². The van der Waals surface area contributed by atoms with Crippen molar-refractivity contribution < 1.29 is 17.9 Å². The molecule has 0 amide bonds. The van der Waals surface area contributed by atoms with Crippen molar-refractivity contribution in [3.05, 3.63) is 26.3 Å². The van der Waals surface area contributed by atoms with Crippen molar-refractivity contribution in [3.63, 3.8) is 0 Å². The van der Waals surface area contributed by atoms with Crippen LogP contribution in [0.15, 0.2) is 9.27 Å². The second-order valence-electron chi connectivity index (χ2n) is 5.11. The second kappa shape index (κ2) is 6.91. The third-order valence-electron chi connectivity index (χ3n) is 3.43. The lowest BCUT2D eigenvalue weighted by Gasteiger charge is -2.12. The van der Waals surface area contributed by atoms with Gasteiger partial charge in [0.2, 0.25) is 0 Å². The van der Waals surface area contributed by atoms with Crippen molar-refractivity contribution in [1.29, 1.82) is 0 Å². The molecule has 2 rings (SSSR count). The van der Waals surface area contributed by atoms with Gasteiger partial charge >= 0.3 is 6.18 Å². The highest BCUT2D eigenvalue weighted by Crippen LogP contribution is 2.35. The number of rotatable bonds is 5. The number of nitrogens with one attached hydrogen (secondary N) is 1. The number of nitrogens with zero attached hydrogens (tertiary/aromatic N) is 1. The van der Waals surface area contributed by atoms with Gasteiger partial charge in [0.1, 0.15) is 16.9 Å². The lowest BCUT2D eigenvalue weighted by Crippen LogP contribution is -2.20. The Hall–Kier alpha value is -0.890. The first-order valence-corrected chi connectivity index (χ1v) is 7.59. The summed E-state index contributed by atoms with van der Waals surface area (Å²) in [6.45, 7) is -1.42. The predicted octanol–water partition coefficient (Wildman–Crippen LogP) is 3.31. The minimum Gasteiger partial charge on any atom is -0.372 e. The molecule has 0 saturated heterocycles. The summed E-state index contributed by atoms with van der Waals surface area (Å²) in [6, 6.07) is 0. The Morgan fingerprint density at radius 2 is 2.00 bits per heavy atom. The number of ether oxygens (including phenoxy) is 1. The van der Waals surface area contributed by atoms with Gasteiger partial charge in [-0.1, -0.05) is 12.8 Å². The average molecular weight is 369 g/mol. The number of halogens is 4. The van der Waals surface area contributed by atoms with Gasteiger partial charge in [-0.25, -0.2) is 4.98 Å². The molecule has 0 atom stereocenters. The lowest BCUT2D eigenvalue weighted by atomic mass is 10.0. The highest BCUT2D eigenvalue weighted by atomic mass is 79.9. The molecule has 8 heteroatoms. The normalized spacial score (nSPS) is 16.6. The molecule has 1 aliphatic rings. The molecule has 4 nitrogen and oxygen atoms in total. The van der Waals surface area contributed by atoms with Gasteiger partial charge in [-0.2, -0.15) is 13.2 Å². The predicted molar refractivity (Wildman–Crippen MR) is 74.3 cm³/mol. The van der Waals surface area contributed by atoms with Crippen LogP contribution in [0, 0.1) is 0 Å². The minimum absolute atomic E-state index is 0.131. The van der Waals surface area contributed by atoms with Gasteiger partial charge in [-0.05, 0) is 28.8 Å². The first-order chi connectivity index (χ1) is 9.87. The highest BCUT2D eigenvalue weighted by molar-refractivity contribution is 9.10. The summed E-state index contributed by atoms with van der Waals surface area (Å²) in [4.78, 5) is 18.8. The molecule has 1 N–H and O–H groups in total. The van der Waals surface area contributed by atoms with Crippen LogP contribution >= 0.6 is 15.9 Å². The van der Waals surface area contributed by atoms with Crippen LogP contribution in [0.4, 0.5) is 13.2 Å². The summed E-state index contributed by atoms with van der Waals surface area (Å²) in [7, 11) is 0. The molecular weight excluding hydrogens is 353 g/mol. The monoisotopic (exact) mass is 368 g/mol. The fourth-order valence-electron chi connectivity index (χ4n) is 2.47. The summed E-state index contributed by atoms with van der Waals surface area (Å²) in [5, 5.41) is 0. The van der Waals surface area contributed by atoms with E-state index in [0.717, 1.165) is 25.7 Å². The van der Waals surface area contributed by atoms with E-state index in [2.05, 4.69) is 30.6 Å². The van der Waals surface area contributed by atoms with Gasteiger partial charge in [0.15, 0.2) is 0 Å². The van der Waals surface area contributed by atoms with Gasteiger partial charge in [-0.15, -0.1) is 0 Å². The first-order valence-electron chi connectivity index (χ1n) is 6.80. The van der Waals surface area contributed by atoms with Crippen LogP contribution in [0.1, 0.15) is 43.1 Å². The van der Waals surface area contributed by atoms with Gasteiger partial charge in [0, 0.05) is 12.3 Å². The molecule has 118 valence electrons. The smallest absolute Gasteiger partial charge is 0.372 e. The fourth-order valence-corrected chi connectivity index (χ4v) is 2.98. The first kappa shape index (κ1) is 16.5. The van der Waals surface area contributed by atoms with Crippen molar-refractivity contribution in [2.45, 2.75) is 44.2 Å². The maximum Gasteiger partial charge on any atom is 0.411 e. The van der Waals surface area contributed by atoms with Crippen molar-refractivity contribution in [2.75, 3.05) is 13.2 Å². The molecule has 0 bridgehead atoms. The zero-order valence-corrected chi connectivity index (χ0v) is 12.9. The number of hydrogen-bond acceptors (Lipinski definition) is 3. The topological polar surface area (TPSA) is 55.0 Å². The zero-order valence-electron chi connectivity index (χ0n) is 11.3. The molecule has 0 radical (unpaired) electrons. The van der Waals surface area contributed by atoms with Crippen LogP contribution in [0.5, 0.6) is 0 Å². The Balaban J connectivity index is 2.01. The van der Waals surface area contributed by atoms with Gasteiger partial charge < -0.3 is 9.72 Å². The van der Waals surface area contributed by atoms with Crippen molar-refractivity contribution >= 4 is 15.9 Å². The number of hydrogen-bond donors (Lipinski definition) is 1. The number of H-pyrrole nitrogens is 1. The van der Waals surface area contributed by atoms with Crippen LogP contribution in [-0.4, -0.2) is 29.4 Å². The van der Waals surface area contributed by atoms with E-state index >= 15 is 0 Å². The van der Waals surface area contributed by atoms with E-state index in [-0.39, 0.29) is 24.5 Å². The summed E-state index contributed by atoms with van der Waals surface area (Å²) >= 11 is 3.25. The lowest BCUT2D eigenvalue weighted by molar-refractivity contribution is -0.173. The molecule has 0 unspecified atom stereocenters. The molecular formula is C13H16BrF3N2O2. The van der Waals surface area contributed by atoms with Crippen LogP contribution in [-0.2, 0) is 11.2 Å². The minimum atomic E-state index is -4.34. The third kappa shape index (κ3) is 4.81. The molecule has 0 spiro atoms. The molecule has 1 fully saturated rings. The van der Waals surface area contributed by atoms with E-state index in [1.165, 1.54) is 0 Å². The molecule has 21 heavy (non-hydrogen) atoms. The summed E-state index contributed by atoms with van der Waals surface area (Å²) < 4.78 is 40.9. The standard InChI is InChI=1S/C13H16BrF3N2O2/c14-10-11(8-3-1-2-4-8)18-9(19-12(10)20)5-6-21-7-13(15,16)17/h8H,1-7H2,(H,18,19,20). The highest BCUT2D eigenvalue weighted by Gasteiger charge is 2.27. The Bertz CT molecular complexity index is 539. The van der Waals surface area contributed by atoms with Crippen LogP contribution < -0.4 is 5.56 Å². The Labute approximate surface area is 128 Å². The van der Waals surface area contributed by atoms with Gasteiger partial charge in [-0.3, -0.25) is 4.79 Å². The largest absolute Gasteiger partial charge is 0.411 e.